The van der Waals surface area contributed by atoms with E-state index in [4.69, 9.17) is 4.52 Å². The Morgan fingerprint density at radius 2 is 1.85 bits per heavy atom. The summed E-state index contributed by atoms with van der Waals surface area (Å²) in [4.78, 5) is 4.66. The number of nitrogens with one attached hydrogen (secondary N) is 1. The van der Waals surface area contributed by atoms with Crippen molar-refractivity contribution in [3.8, 4) is 0 Å². The van der Waals surface area contributed by atoms with Gasteiger partial charge in [-0.05, 0) is 25.8 Å². The lowest BCUT2D eigenvalue weighted by atomic mass is 9.91. The van der Waals surface area contributed by atoms with E-state index in [0.717, 1.165) is 31.1 Å². The van der Waals surface area contributed by atoms with Gasteiger partial charge in [0.05, 0.1) is 0 Å². The molecule has 20 heavy (non-hydrogen) atoms. The Bertz CT molecular complexity index is 370. The van der Waals surface area contributed by atoms with Crippen LogP contribution in [0.3, 0.4) is 0 Å². The van der Waals surface area contributed by atoms with Crippen LogP contribution >= 0.6 is 0 Å². The molecule has 0 saturated heterocycles. The number of nitrogens with zero attached hydrogens (tertiary/aromatic N) is 2. The molecule has 1 aromatic heterocycles. The average molecular weight is 279 g/mol. The lowest BCUT2D eigenvalue weighted by molar-refractivity contribution is 0.345. The standard InChI is InChI=1S/C16H29N3O/c1-3-14(17-4-2)12-15-18-16(19-20-15)13-10-8-6-5-7-9-11-13/h13-14,17H,3-12H2,1-2H3. The highest BCUT2D eigenvalue weighted by atomic mass is 16.5. The Morgan fingerprint density at radius 3 is 2.50 bits per heavy atom. The predicted molar refractivity (Wildman–Crippen MR) is 80.8 cm³/mol. The molecule has 4 nitrogen and oxygen atoms in total. The van der Waals surface area contributed by atoms with E-state index in [9.17, 15) is 0 Å². The maximum atomic E-state index is 5.47. The van der Waals surface area contributed by atoms with Gasteiger partial charge in [0.15, 0.2) is 5.82 Å². The Balaban J connectivity index is 1.92. The first kappa shape index (κ1) is 15.5. The van der Waals surface area contributed by atoms with Crippen LogP contribution < -0.4 is 5.32 Å². The van der Waals surface area contributed by atoms with Crippen LogP contribution in [0.4, 0.5) is 0 Å². The summed E-state index contributed by atoms with van der Waals surface area (Å²) in [7, 11) is 0. The highest BCUT2D eigenvalue weighted by molar-refractivity contribution is 4.97. The normalized spacial score (nSPS) is 19.5. The molecule has 0 aromatic carbocycles. The lowest BCUT2D eigenvalue weighted by Gasteiger charge is -2.16. The van der Waals surface area contributed by atoms with Crippen LogP contribution in [0.1, 0.15) is 82.8 Å². The zero-order valence-electron chi connectivity index (χ0n) is 13.0. The molecule has 4 heteroatoms. The van der Waals surface area contributed by atoms with Crippen molar-refractivity contribution in [1.82, 2.24) is 15.5 Å². The number of hydrogen-bond acceptors (Lipinski definition) is 4. The summed E-state index contributed by atoms with van der Waals surface area (Å²) in [5, 5.41) is 7.71. The summed E-state index contributed by atoms with van der Waals surface area (Å²) in [6, 6.07) is 0.450. The van der Waals surface area contributed by atoms with Gasteiger partial charge in [-0.2, -0.15) is 4.98 Å². The van der Waals surface area contributed by atoms with Gasteiger partial charge in [0.1, 0.15) is 0 Å². The second kappa shape index (κ2) is 8.40. The van der Waals surface area contributed by atoms with Crippen molar-refractivity contribution in [3.63, 3.8) is 0 Å². The topological polar surface area (TPSA) is 51.0 Å². The van der Waals surface area contributed by atoms with E-state index >= 15 is 0 Å². The van der Waals surface area contributed by atoms with Crippen LogP contribution in [0.15, 0.2) is 4.52 Å². The molecule has 0 aliphatic heterocycles. The van der Waals surface area contributed by atoms with Gasteiger partial charge in [0, 0.05) is 18.4 Å². The molecule has 0 amide bonds. The highest BCUT2D eigenvalue weighted by Gasteiger charge is 2.20. The van der Waals surface area contributed by atoms with Crippen LogP contribution in [-0.2, 0) is 6.42 Å². The summed E-state index contributed by atoms with van der Waals surface area (Å²) < 4.78 is 5.47. The molecule has 1 atom stereocenters. The largest absolute Gasteiger partial charge is 0.339 e. The van der Waals surface area contributed by atoms with Crippen molar-refractivity contribution >= 4 is 0 Å². The molecule has 0 bridgehead atoms. The molecule has 0 radical (unpaired) electrons. The average Bonchev–Trinajstić information content (AvgIpc) is 2.86. The minimum Gasteiger partial charge on any atom is -0.339 e. The molecule has 1 aliphatic rings. The molecular formula is C16H29N3O. The van der Waals surface area contributed by atoms with E-state index in [0.29, 0.717) is 12.0 Å². The first-order chi connectivity index (χ1) is 9.83. The number of hydrogen-bond donors (Lipinski definition) is 1. The summed E-state index contributed by atoms with van der Waals surface area (Å²) in [6.07, 6.45) is 11.1. The van der Waals surface area contributed by atoms with Crippen LogP contribution in [0.5, 0.6) is 0 Å². The molecule has 2 rings (SSSR count). The first-order valence-corrected chi connectivity index (χ1v) is 8.39. The fraction of sp³-hybridized carbons (Fsp3) is 0.875. The van der Waals surface area contributed by atoms with Crippen molar-refractivity contribution in [2.24, 2.45) is 0 Å². The van der Waals surface area contributed by atoms with Gasteiger partial charge in [-0.3, -0.25) is 0 Å². The first-order valence-electron chi connectivity index (χ1n) is 8.39. The minimum atomic E-state index is 0.450. The second-order valence-electron chi connectivity index (χ2n) is 5.96. The van der Waals surface area contributed by atoms with Crippen molar-refractivity contribution in [1.29, 1.82) is 0 Å². The van der Waals surface area contributed by atoms with Gasteiger partial charge >= 0.3 is 0 Å². The van der Waals surface area contributed by atoms with E-state index in [1.807, 2.05) is 0 Å². The van der Waals surface area contributed by atoms with Gasteiger partial charge in [0.25, 0.3) is 0 Å². The molecule has 114 valence electrons. The smallest absolute Gasteiger partial charge is 0.228 e. The van der Waals surface area contributed by atoms with Gasteiger partial charge in [-0.15, -0.1) is 0 Å². The lowest BCUT2D eigenvalue weighted by Crippen LogP contribution is -2.30. The van der Waals surface area contributed by atoms with Gasteiger partial charge < -0.3 is 9.84 Å². The summed E-state index contributed by atoms with van der Waals surface area (Å²) in [5.41, 5.74) is 0. The molecule has 1 saturated carbocycles. The van der Waals surface area contributed by atoms with Gasteiger partial charge in [0.2, 0.25) is 5.89 Å². The summed E-state index contributed by atoms with van der Waals surface area (Å²) in [5.74, 6) is 2.27. The highest BCUT2D eigenvalue weighted by Crippen LogP contribution is 2.29. The number of likely N-dealkylation sites (N-methyl/N-ethyl adjacent to an activating group) is 1. The van der Waals surface area contributed by atoms with E-state index in [-0.39, 0.29) is 0 Å². The quantitative estimate of drug-likeness (QED) is 0.860. The Morgan fingerprint density at radius 1 is 1.15 bits per heavy atom. The molecule has 1 heterocycles. The van der Waals surface area contributed by atoms with Crippen molar-refractivity contribution < 1.29 is 4.52 Å². The summed E-state index contributed by atoms with van der Waals surface area (Å²) in [6.45, 7) is 5.32. The molecule has 1 fully saturated rings. The molecule has 1 N–H and O–H groups in total. The van der Waals surface area contributed by atoms with Gasteiger partial charge in [-0.25, -0.2) is 0 Å². The second-order valence-corrected chi connectivity index (χ2v) is 5.96. The SMILES string of the molecule is CCNC(CC)Cc1nc(C2CCCCCCC2)no1. The third-order valence-corrected chi connectivity index (χ3v) is 4.36. The Kier molecular flexibility index (Phi) is 6.51. The zero-order chi connectivity index (χ0) is 14.2. The zero-order valence-corrected chi connectivity index (χ0v) is 13.0. The van der Waals surface area contributed by atoms with E-state index in [1.165, 1.54) is 44.9 Å². The number of rotatable bonds is 6. The van der Waals surface area contributed by atoms with Crippen LogP contribution in [-0.4, -0.2) is 22.7 Å². The monoisotopic (exact) mass is 279 g/mol. The third-order valence-electron chi connectivity index (χ3n) is 4.36. The van der Waals surface area contributed by atoms with E-state index in [1.54, 1.807) is 0 Å². The predicted octanol–water partition coefficient (Wildman–Crippen LogP) is 3.83. The van der Waals surface area contributed by atoms with E-state index < -0.39 is 0 Å². The van der Waals surface area contributed by atoms with Crippen LogP contribution in [0.2, 0.25) is 0 Å². The van der Waals surface area contributed by atoms with Gasteiger partial charge in [-0.1, -0.05) is 51.1 Å². The minimum absolute atomic E-state index is 0.450. The van der Waals surface area contributed by atoms with Crippen molar-refractivity contribution in [2.75, 3.05) is 6.54 Å². The number of aromatic nitrogens is 2. The fourth-order valence-electron chi connectivity index (χ4n) is 3.09. The molecule has 1 unspecified atom stereocenters. The fourth-order valence-corrected chi connectivity index (χ4v) is 3.09. The molecule has 0 spiro atoms. The van der Waals surface area contributed by atoms with Crippen LogP contribution in [0.25, 0.3) is 0 Å². The molecule has 1 aliphatic carbocycles. The maximum Gasteiger partial charge on any atom is 0.228 e. The van der Waals surface area contributed by atoms with E-state index in [2.05, 4.69) is 29.3 Å². The van der Waals surface area contributed by atoms with Crippen molar-refractivity contribution in [2.45, 2.75) is 83.6 Å². The van der Waals surface area contributed by atoms with Crippen LogP contribution in [0, 0.1) is 0 Å². The third kappa shape index (κ3) is 4.58. The van der Waals surface area contributed by atoms with Crippen molar-refractivity contribution in [3.05, 3.63) is 11.7 Å². The Hall–Kier alpha value is -0.900. The molecule has 1 aromatic rings. The maximum absolute atomic E-state index is 5.47. The summed E-state index contributed by atoms with van der Waals surface area (Å²) >= 11 is 0. The Labute approximate surface area is 122 Å². The molecular weight excluding hydrogens is 250 g/mol.